The maximum Gasteiger partial charge on any atom is 0.340 e. The molecule has 0 unspecified atom stereocenters. The van der Waals surface area contributed by atoms with Gasteiger partial charge in [-0.15, -0.1) is 0 Å². The van der Waals surface area contributed by atoms with Crippen LogP contribution in [0.3, 0.4) is 0 Å². The summed E-state index contributed by atoms with van der Waals surface area (Å²) in [6.45, 7) is 2.22. The van der Waals surface area contributed by atoms with Gasteiger partial charge in [-0.05, 0) is 37.3 Å². The predicted octanol–water partition coefficient (Wildman–Crippen LogP) is 1.26. The number of anilines is 1. The number of carbonyl (C=O) groups is 2. The molecule has 0 atom stereocenters. The molecule has 0 spiro atoms. The zero-order valence-corrected chi connectivity index (χ0v) is 10.9. The van der Waals surface area contributed by atoms with E-state index in [1.807, 2.05) is 13.0 Å². The number of esters is 1. The molecule has 1 aromatic rings. The van der Waals surface area contributed by atoms with Crippen LogP contribution in [-0.2, 0) is 9.53 Å². The number of ether oxygens (including phenoxy) is 1. The van der Waals surface area contributed by atoms with E-state index in [4.69, 9.17) is 10.5 Å². The van der Waals surface area contributed by atoms with Gasteiger partial charge in [-0.2, -0.15) is 0 Å². The number of amides is 1. The van der Waals surface area contributed by atoms with Crippen LogP contribution in [0.15, 0.2) is 18.2 Å². The Hall–Kier alpha value is -2.04. The van der Waals surface area contributed by atoms with E-state index in [1.165, 1.54) is 12.8 Å². The second-order valence-corrected chi connectivity index (χ2v) is 4.86. The molecular formula is C14H18N2O3. The molecule has 2 rings (SSSR count). The molecule has 5 nitrogen and oxygen atoms in total. The SMILES string of the molecule is Cc1cccc(C(=O)OCC(=O)NCC2CC2)c1N. The molecule has 1 aliphatic carbocycles. The Kier molecular flexibility index (Phi) is 4.04. The van der Waals surface area contributed by atoms with E-state index in [0.29, 0.717) is 23.7 Å². The first-order valence-electron chi connectivity index (χ1n) is 6.37. The monoisotopic (exact) mass is 262 g/mol. The Morgan fingerprint density at radius 2 is 2.16 bits per heavy atom. The number of hydrogen-bond acceptors (Lipinski definition) is 4. The Morgan fingerprint density at radius 3 is 2.84 bits per heavy atom. The molecule has 1 fully saturated rings. The molecule has 5 heteroatoms. The minimum Gasteiger partial charge on any atom is -0.452 e. The lowest BCUT2D eigenvalue weighted by molar-refractivity contribution is -0.124. The lowest BCUT2D eigenvalue weighted by Gasteiger charge is -2.09. The van der Waals surface area contributed by atoms with E-state index in [-0.39, 0.29) is 12.5 Å². The lowest BCUT2D eigenvalue weighted by atomic mass is 10.1. The van der Waals surface area contributed by atoms with Crippen molar-refractivity contribution < 1.29 is 14.3 Å². The second kappa shape index (κ2) is 5.73. The topological polar surface area (TPSA) is 81.4 Å². The molecular weight excluding hydrogens is 244 g/mol. The molecule has 0 aromatic heterocycles. The van der Waals surface area contributed by atoms with Crippen LogP contribution in [0.2, 0.25) is 0 Å². The molecule has 1 aromatic carbocycles. The van der Waals surface area contributed by atoms with Crippen molar-refractivity contribution in [3.8, 4) is 0 Å². The van der Waals surface area contributed by atoms with Crippen LogP contribution < -0.4 is 11.1 Å². The standard InChI is InChI=1S/C14H18N2O3/c1-9-3-2-4-11(13(9)15)14(18)19-8-12(17)16-7-10-5-6-10/h2-4,10H,5-8,15H2,1H3,(H,16,17). The molecule has 0 bridgehead atoms. The van der Waals surface area contributed by atoms with Crippen LogP contribution in [0, 0.1) is 12.8 Å². The van der Waals surface area contributed by atoms with E-state index < -0.39 is 5.97 Å². The third-order valence-electron chi connectivity index (χ3n) is 3.16. The Bertz CT molecular complexity index is 495. The van der Waals surface area contributed by atoms with Gasteiger partial charge in [0.15, 0.2) is 6.61 Å². The van der Waals surface area contributed by atoms with Gasteiger partial charge in [-0.1, -0.05) is 12.1 Å². The summed E-state index contributed by atoms with van der Waals surface area (Å²) < 4.78 is 4.95. The van der Waals surface area contributed by atoms with Crippen LogP contribution in [0.4, 0.5) is 5.69 Å². The van der Waals surface area contributed by atoms with Crippen molar-refractivity contribution in [1.82, 2.24) is 5.32 Å². The summed E-state index contributed by atoms with van der Waals surface area (Å²) in [5.74, 6) is -0.235. The van der Waals surface area contributed by atoms with Crippen molar-refractivity contribution in [3.05, 3.63) is 29.3 Å². The lowest BCUT2D eigenvalue weighted by Crippen LogP contribution is -2.30. The summed E-state index contributed by atoms with van der Waals surface area (Å²) in [6.07, 6.45) is 2.33. The Labute approximate surface area is 112 Å². The number of hydrogen-bond donors (Lipinski definition) is 2. The van der Waals surface area contributed by atoms with Gasteiger partial charge in [-0.25, -0.2) is 4.79 Å². The number of carbonyl (C=O) groups excluding carboxylic acids is 2. The molecule has 1 saturated carbocycles. The highest BCUT2D eigenvalue weighted by molar-refractivity contribution is 5.96. The van der Waals surface area contributed by atoms with Crippen LogP contribution in [0.25, 0.3) is 0 Å². The molecule has 1 aliphatic rings. The molecule has 0 saturated heterocycles. The predicted molar refractivity (Wildman–Crippen MR) is 71.6 cm³/mol. The number of para-hydroxylation sites is 1. The average molecular weight is 262 g/mol. The van der Waals surface area contributed by atoms with E-state index in [1.54, 1.807) is 12.1 Å². The third-order valence-corrected chi connectivity index (χ3v) is 3.16. The van der Waals surface area contributed by atoms with Crippen LogP contribution in [0.5, 0.6) is 0 Å². The summed E-state index contributed by atoms with van der Waals surface area (Å²) >= 11 is 0. The minimum atomic E-state index is -0.567. The van der Waals surface area contributed by atoms with Crippen LogP contribution in [-0.4, -0.2) is 25.0 Å². The number of benzene rings is 1. The molecule has 19 heavy (non-hydrogen) atoms. The Balaban J connectivity index is 1.82. The Morgan fingerprint density at radius 1 is 1.42 bits per heavy atom. The largest absolute Gasteiger partial charge is 0.452 e. The van der Waals surface area contributed by atoms with Gasteiger partial charge in [0, 0.05) is 12.2 Å². The summed E-state index contributed by atoms with van der Waals surface area (Å²) in [5, 5.41) is 2.73. The summed E-state index contributed by atoms with van der Waals surface area (Å²) in [7, 11) is 0. The first-order valence-corrected chi connectivity index (χ1v) is 6.37. The van der Waals surface area contributed by atoms with Crippen molar-refractivity contribution in [3.63, 3.8) is 0 Å². The highest BCUT2D eigenvalue weighted by Crippen LogP contribution is 2.27. The van der Waals surface area contributed by atoms with Gasteiger partial charge in [0.25, 0.3) is 5.91 Å². The van der Waals surface area contributed by atoms with Gasteiger partial charge >= 0.3 is 5.97 Å². The van der Waals surface area contributed by atoms with E-state index in [2.05, 4.69) is 5.32 Å². The van der Waals surface area contributed by atoms with Gasteiger partial charge in [0.1, 0.15) is 0 Å². The van der Waals surface area contributed by atoms with Crippen molar-refractivity contribution >= 4 is 17.6 Å². The number of aryl methyl sites for hydroxylation is 1. The molecule has 1 amide bonds. The number of nitrogen functional groups attached to an aromatic ring is 1. The summed E-state index contributed by atoms with van der Waals surface area (Å²) in [5.41, 5.74) is 7.30. The fourth-order valence-corrected chi connectivity index (χ4v) is 1.70. The number of rotatable bonds is 5. The van der Waals surface area contributed by atoms with Gasteiger partial charge in [-0.3, -0.25) is 4.79 Å². The first-order chi connectivity index (χ1) is 9.08. The van der Waals surface area contributed by atoms with E-state index in [0.717, 1.165) is 5.56 Å². The molecule has 0 heterocycles. The fraction of sp³-hybridized carbons (Fsp3) is 0.429. The van der Waals surface area contributed by atoms with Crippen LogP contribution in [0.1, 0.15) is 28.8 Å². The highest BCUT2D eigenvalue weighted by atomic mass is 16.5. The van der Waals surface area contributed by atoms with E-state index in [9.17, 15) is 9.59 Å². The number of nitrogens with two attached hydrogens (primary N) is 1. The smallest absolute Gasteiger partial charge is 0.340 e. The fourth-order valence-electron chi connectivity index (χ4n) is 1.70. The highest BCUT2D eigenvalue weighted by Gasteiger charge is 2.22. The quantitative estimate of drug-likeness (QED) is 0.618. The first kappa shape index (κ1) is 13.4. The zero-order valence-electron chi connectivity index (χ0n) is 10.9. The second-order valence-electron chi connectivity index (χ2n) is 4.86. The average Bonchev–Trinajstić information content (AvgIpc) is 3.21. The third kappa shape index (κ3) is 3.71. The van der Waals surface area contributed by atoms with Crippen molar-refractivity contribution in [2.24, 2.45) is 5.92 Å². The van der Waals surface area contributed by atoms with Gasteiger partial charge < -0.3 is 15.8 Å². The van der Waals surface area contributed by atoms with E-state index >= 15 is 0 Å². The van der Waals surface area contributed by atoms with Gasteiger partial charge in [0.05, 0.1) is 5.56 Å². The van der Waals surface area contributed by atoms with Gasteiger partial charge in [0.2, 0.25) is 0 Å². The van der Waals surface area contributed by atoms with Crippen molar-refractivity contribution in [2.75, 3.05) is 18.9 Å². The molecule has 3 N–H and O–H groups in total. The molecule has 0 radical (unpaired) electrons. The van der Waals surface area contributed by atoms with Crippen molar-refractivity contribution in [2.45, 2.75) is 19.8 Å². The molecule has 102 valence electrons. The van der Waals surface area contributed by atoms with Crippen molar-refractivity contribution in [1.29, 1.82) is 0 Å². The van der Waals surface area contributed by atoms with Crippen LogP contribution >= 0.6 is 0 Å². The maximum absolute atomic E-state index is 11.8. The summed E-state index contributed by atoms with van der Waals surface area (Å²) in [6, 6.07) is 5.14. The number of nitrogens with one attached hydrogen (secondary N) is 1. The zero-order chi connectivity index (χ0) is 13.8. The summed E-state index contributed by atoms with van der Waals surface area (Å²) in [4.78, 5) is 23.2. The molecule has 0 aliphatic heterocycles. The maximum atomic E-state index is 11.8. The minimum absolute atomic E-state index is 0.265. The normalized spacial score (nSPS) is 13.9.